The van der Waals surface area contributed by atoms with Crippen molar-refractivity contribution in [3.63, 3.8) is 0 Å². The Morgan fingerprint density at radius 1 is 1.00 bits per heavy atom. The highest BCUT2D eigenvalue weighted by atomic mass is 35.5. The molecule has 4 atom stereocenters. The van der Waals surface area contributed by atoms with Crippen molar-refractivity contribution in [1.82, 2.24) is 9.29 Å². The molecule has 0 spiro atoms. The summed E-state index contributed by atoms with van der Waals surface area (Å²) in [7, 11) is -3.71. The molecule has 13 heteroatoms. The Hall–Kier alpha value is -2.54. The fourth-order valence-corrected chi connectivity index (χ4v) is 6.21. The van der Waals surface area contributed by atoms with E-state index in [1.165, 1.54) is 0 Å². The first-order valence-electron chi connectivity index (χ1n) is 11.0. The van der Waals surface area contributed by atoms with Crippen LogP contribution in [0.4, 0.5) is 13.2 Å². The van der Waals surface area contributed by atoms with Crippen LogP contribution >= 0.6 is 23.2 Å². The summed E-state index contributed by atoms with van der Waals surface area (Å²) >= 11 is 12.5. The maximum Gasteiger partial charge on any atom is 0.573 e. The van der Waals surface area contributed by atoms with Crippen LogP contribution in [0.25, 0.3) is 21.8 Å². The largest absolute Gasteiger partial charge is 0.573 e. The van der Waals surface area contributed by atoms with Crippen molar-refractivity contribution in [2.75, 3.05) is 13.2 Å². The van der Waals surface area contributed by atoms with Crippen LogP contribution in [0.1, 0.15) is 6.04 Å². The van der Waals surface area contributed by atoms with E-state index < -0.39 is 40.2 Å². The maximum atomic E-state index is 13.2. The van der Waals surface area contributed by atoms with Gasteiger partial charge in [0.25, 0.3) is 0 Å². The van der Waals surface area contributed by atoms with Crippen molar-refractivity contribution >= 4 is 54.9 Å². The molecule has 196 valence electrons. The number of benzene rings is 3. The van der Waals surface area contributed by atoms with Gasteiger partial charge in [0.1, 0.15) is 15.7 Å². The third-order valence-electron chi connectivity index (χ3n) is 6.16. The van der Waals surface area contributed by atoms with Crippen LogP contribution in [-0.2, 0) is 14.7 Å². The molecule has 1 aromatic heterocycles. The topological polar surface area (TPSA) is 96.6 Å². The van der Waals surface area contributed by atoms with Crippen molar-refractivity contribution in [3.05, 3.63) is 70.7 Å². The summed E-state index contributed by atoms with van der Waals surface area (Å²) < 4.78 is 72.9. The maximum absolute atomic E-state index is 13.2. The molecule has 0 bridgehead atoms. The van der Waals surface area contributed by atoms with Gasteiger partial charge in [-0.1, -0.05) is 23.2 Å². The summed E-state index contributed by atoms with van der Waals surface area (Å²) in [6.07, 6.45) is -6.00. The molecule has 1 aliphatic rings. The number of aliphatic hydroxyl groups excluding tert-OH is 1. The van der Waals surface area contributed by atoms with Crippen LogP contribution in [-0.4, -0.2) is 45.6 Å². The molecule has 3 N–H and O–H groups in total. The zero-order chi connectivity index (χ0) is 26.5. The van der Waals surface area contributed by atoms with Crippen LogP contribution in [0.3, 0.4) is 0 Å². The van der Waals surface area contributed by atoms with Gasteiger partial charge in [0.05, 0.1) is 36.3 Å². The second kappa shape index (κ2) is 9.64. The van der Waals surface area contributed by atoms with E-state index >= 15 is 0 Å². The second-order valence-electron chi connectivity index (χ2n) is 8.59. The number of halogens is 5. The average molecular weight is 574 g/mol. The van der Waals surface area contributed by atoms with Crippen LogP contribution < -0.4 is 9.46 Å². The van der Waals surface area contributed by atoms with Gasteiger partial charge < -0.3 is 19.1 Å². The van der Waals surface area contributed by atoms with E-state index in [1.54, 1.807) is 24.3 Å². The molecule has 0 aliphatic carbocycles. The molecular weight excluding hydrogens is 554 g/mol. The van der Waals surface area contributed by atoms with Gasteiger partial charge in [0.2, 0.25) is 0 Å². The number of nitrogens with one attached hydrogen (secondary N) is 2. The zero-order valence-corrected chi connectivity index (χ0v) is 21.2. The molecule has 1 saturated heterocycles. The van der Waals surface area contributed by atoms with Gasteiger partial charge in [-0.25, -0.2) is 13.7 Å². The standard InChI is InChI=1S/C24H20Cl2F3N3O4S/c25-13-1-7-20-17(9-13)18-10-14(26)2-8-21(18)32(20)22-12-35-11-19(23(22)33)31-37(30,34)16-5-3-15(4-6-16)36-24(27,28)29/h1-10,19,22-23,33H,11-12H2,(H2,30,31,34)/t19-,22+,23+,37?/m0/s1. The Morgan fingerprint density at radius 2 is 1.57 bits per heavy atom. The van der Waals surface area contributed by atoms with Gasteiger partial charge in [0.15, 0.2) is 0 Å². The number of alkyl halides is 3. The van der Waals surface area contributed by atoms with Crippen molar-refractivity contribution < 1.29 is 32.0 Å². The Kier molecular flexibility index (Phi) is 6.80. The van der Waals surface area contributed by atoms with Gasteiger partial charge in [-0.2, -0.15) is 0 Å². The second-order valence-corrected chi connectivity index (χ2v) is 11.3. The summed E-state index contributed by atoms with van der Waals surface area (Å²) in [6, 6.07) is 13.4. The molecule has 7 nitrogen and oxygen atoms in total. The number of aliphatic hydroxyl groups is 1. The Morgan fingerprint density at radius 3 is 2.11 bits per heavy atom. The van der Waals surface area contributed by atoms with E-state index in [9.17, 15) is 22.5 Å². The molecule has 0 amide bonds. The third-order valence-corrected chi connectivity index (χ3v) is 8.20. The Labute approximate surface area is 219 Å². The molecule has 3 aromatic carbocycles. The summed E-state index contributed by atoms with van der Waals surface area (Å²) in [5.74, 6) is -0.501. The zero-order valence-electron chi connectivity index (χ0n) is 18.8. The number of hydrogen-bond donors (Lipinski definition) is 3. The van der Waals surface area contributed by atoms with Crippen LogP contribution in [0, 0.1) is 4.78 Å². The van der Waals surface area contributed by atoms with E-state index in [1.807, 2.05) is 16.7 Å². The molecule has 0 radical (unpaired) electrons. The summed E-state index contributed by atoms with van der Waals surface area (Å²) in [5, 5.41) is 14.1. The van der Waals surface area contributed by atoms with Gasteiger partial charge in [-0.05, 0) is 60.7 Å². The normalized spacial score (nSPS) is 22.3. The number of fused-ring (bicyclic) bond motifs is 3. The molecule has 1 fully saturated rings. The lowest BCUT2D eigenvalue weighted by molar-refractivity contribution is -0.274. The smallest absolute Gasteiger partial charge is 0.406 e. The van der Waals surface area contributed by atoms with Crippen molar-refractivity contribution in [1.29, 1.82) is 4.78 Å². The van der Waals surface area contributed by atoms with E-state index in [0.717, 1.165) is 46.1 Å². The molecule has 2 heterocycles. The van der Waals surface area contributed by atoms with E-state index in [4.69, 9.17) is 32.7 Å². The minimum atomic E-state index is -4.87. The van der Waals surface area contributed by atoms with E-state index in [0.29, 0.717) is 10.0 Å². The lowest BCUT2D eigenvalue weighted by Gasteiger charge is -2.37. The lowest BCUT2D eigenvalue weighted by Crippen LogP contribution is -2.53. The number of hydrogen-bond acceptors (Lipinski definition) is 5. The fraction of sp³-hybridized carbons (Fsp3) is 0.250. The van der Waals surface area contributed by atoms with Crippen LogP contribution in [0.5, 0.6) is 5.75 Å². The lowest BCUT2D eigenvalue weighted by atomic mass is 10.0. The van der Waals surface area contributed by atoms with Gasteiger partial charge >= 0.3 is 6.36 Å². The predicted molar refractivity (Wildman–Crippen MR) is 135 cm³/mol. The average Bonchev–Trinajstić information content (AvgIpc) is 3.12. The highest BCUT2D eigenvalue weighted by molar-refractivity contribution is 7.90. The number of nitrogens with zero attached hydrogens (tertiary/aromatic N) is 1. The Balaban J connectivity index is 1.45. The minimum Gasteiger partial charge on any atom is -0.406 e. The van der Waals surface area contributed by atoms with Gasteiger partial charge in [0, 0.05) is 31.9 Å². The SMILES string of the molecule is N=S(=O)(N[C@H]1COC[C@@H](n2c3ccc(Cl)cc3c3cc(Cl)ccc32)[C@@H]1O)c1ccc(OC(F)(F)F)cc1. The fourth-order valence-electron chi connectivity index (χ4n) is 4.58. The molecule has 1 aliphatic heterocycles. The highest BCUT2D eigenvalue weighted by Gasteiger charge is 2.37. The highest BCUT2D eigenvalue weighted by Crippen LogP contribution is 2.37. The van der Waals surface area contributed by atoms with Crippen LogP contribution in [0.2, 0.25) is 10.0 Å². The first-order chi connectivity index (χ1) is 17.4. The summed E-state index contributed by atoms with van der Waals surface area (Å²) in [6.45, 7) is 0.115. The van der Waals surface area contributed by atoms with Crippen molar-refractivity contribution in [3.8, 4) is 5.75 Å². The third kappa shape index (κ3) is 5.25. The monoisotopic (exact) mass is 573 g/mol. The first-order valence-corrected chi connectivity index (χ1v) is 13.3. The van der Waals surface area contributed by atoms with E-state index in [-0.39, 0.29) is 18.1 Å². The molecule has 4 aromatic rings. The molecule has 37 heavy (non-hydrogen) atoms. The minimum absolute atomic E-state index is 0.0302. The summed E-state index contributed by atoms with van der Waals surface area (Å²) in [5.41, 5.74) is 1.56. The first kappa shape index (κ1) is 26.1. The number of rotatable bonds is 5. The molecule has 0 saturated carbocycles. The van der Waals surface area contributed by atoms with Gasteiger partial charge in [-0.3, -0.25) is 0 Å². The molecule has 5 rings (SSSR count). The van der Waals surface area contributed by atoms with Crippen molar-refractivity contribution in [2.45, 2.75) is 29.4 Å². The van der Waals surface area contributed by atoms with Gasteiger partial charge in [-0.15, -0.1) is 13.2 Å². The summed E-state index contributed by atoms with van der Waals surface area (Å²) in [4.78, 5) is -0.0718. The molecule has 1 unspecified atom stereocenters. The molecular formula is C24H20Cl2F3N3O4S. The van der Waals surface area contributed by atoms with E-state index in [2.05, 4.69) is 9.46 Å². The number of ether oxygens (including phenoxy) is 2. The Bertz CT molecular complexity index is 1520. The number of aromatic nitrogens is 1. The van der Waals surface area contributed by atoms with Crippen molar-refractivity contribution in [2.24, 2.45) is 0 Å². The quantitative estimate of drug-likeness (QED) is 0.276. The van der Waals surface area contributed by atoms with Crippen LogP contribution in [0.15, 0.2) is 65.6 Å². The predicted octanol–water partition coefficient (Wildman–Crippen LogP) is 5.91.